The molecule has 0 fully saturated rings. The zero-order valence-corrected chi connectivity index (χ0v) is 14.2. The predicted octanol–water partition coefficient (Wildman–Crippen LogP) is 2.00. The molecule has 0 saturated heterocycles. The van der Waals surface area contributed by atoms with E-state index in [1.54, 1.807) is 31.1 Å². The van der Waals surface area contributed by atoms with Gasteiger partial charge in [-0.2, -0.15) is 5.10 Å². The second-order valence-corrected chi connectivity index (χ2v) is 6.03. The third kappa shape index (κ3) is 3.16. The van der Waals surface area contributed by atoms with Crippen LogP contribution in [0.5, 0.6) is 5.75 Å². The number of benzene rings is 1. The Labute approximate surface area is 140 Å². The van der Waals surface area contributed by atoms with Gasteiger partial charge in [-0.3, -0.25) is 4.68 Å². The van der Waals surface area contributed by atoms with Crippen molar-refractivity contribution in [1.29, 1.82) is 0 Å². The third-order valence-corrected chi connectivity index (χ3v) is 3.94. The standard InChI is InChI=1S/C17H21N5O2/c1-11-20-15-6-5-13(24-4)7-14(15)16(21-11)18-10-17(2,23)12-8-19-22(3)9-12/h5-9,23H,10H2,1-4H3,(H,18,20,21)/t17-/m1/s1. The lowest BCUT2D eigenvalue weighted by molar-refractivity contribution is 0.0714. The molecular formula is C17H21N5O2. The number of hydrogen-bond donors (Lipinski definition) is 2. The maximum Gasteiger partial charge on any atom is 0.137 e. The first-order valence-corrected chi connectivity index (χ1v) is 7.67. The Morgan fingerprint density at radius 3 is 2.79 bits per heavy atom. The van der Waals surface area contributed by atoms with Crippen molar-refractivity contribution in [2.24, 2.45) is 7.05 Å². The molecule has 0 spiro atoms. The molecule has 1 atom stereocenters. The number of aliphatic hydroxyl groups is 1. The topological polar surface area (TPSA) is 85.1 Å². The molecule has 7 heteroatoms. The lowest BCUT2D eigenvalue weighted by Gasteiger charge is -2.23. The van der Waals surface area contributed by atoms with Gasteiger partial charge in [0.2, 0.25) is 0 Å². The second-order valence-electron chi connectivity index (χ2n) is 6.03. The highest BCUT2D eigenvalue weighted by atomic mass is 16.5. The van der Waals surface area contributed by atoms with Gasteiger partial charge < -0.3 is 15.2 Å². The molecule has 0 amide bonds. The summed E-state index contributed by atoms with van der Waals surface area (Å²) in [5.74, 6) is 2.06. The quantitative estimate of drug-likeness (QED) is 0.745. The molecule has 3 rings (SSSR count). The van der Waals surface area contributed by atoms with Crippen LogP contribution in [-0.4, -0.2) is 38.5 Å². The lowest BCUT2D eigenvalue weighted by atomic mass is 10.00. The first-order valence-electron chi connectivity index (χ1n) is 7.67. The van der Waals surface area contributed by atoms with Crippen LogP contribution in [0.25, 0.3) is 10.9 Å². The van der Waals surface area contributed by atoms with Gasteiger partial charge in [-0.15, -0.1) is 0 Å². The highest BCUT2D eigenvalue weighted by Gasteiger charge is 2.25. The number of aryl methyl sites for hydroxylation is 2. The molecule has 0 aliphatic carbocycles. The number of nitrogens with zero attached hydrogens (tertiary/aromatic N) is 4. The van der Waals surface area contributed by atoms with E-state index < -0.39 is 5.60 Å². The van der Waals surface area contributed by atoms with E-state index in [-0.39, 0.29) is 0 Å². The van der Waals surface area contributed by atoms with Crippen LogP contribution in [0.3, 0.4) is 0 Å². The van der Waals surface area contributed by atoms with Crippen molar-refractivity contribution < 1.29 is 9.84 Å². The molecule has 24 heavy (non-hydrogen) atoms. The molecule has 126 valence electrons. The first-order chi connectivity index (χ1) is 11.4. The van der Waals surface area contributed by atoms with Crippen LogP contribution in [0.1, 0.15) is 18.3 Å². The number of ether oxygens (including phenoxy) is 1. The van der Waals surface area contributed by atoms with Gasteiger partial charge in [0.25, 0.3) is 0 Å². The summed E-state index contributed by atoms with van der Waals surface area (Å²) >= 11 is 0. The SMILES string of the molecule is COc1ccc2nc(C)nc(NC[C@@](C)(O)c3cnn(C)c3)c2c1. The number of rotatable bonds is 5. The van der Waals surface area contributed by atoms with E-state index in [4.69, 9.17) is 4.74 Å². The van der Waals surface area contributed by atoms with Gasteiger partial charge in [-0.05, 0) is 32.0 Å². The summed E-state index contributed by atoms with van der Waals surface area (Å²) in [6.45, 7) is 3.88. The number of anilines is 1. The fourth-order valence-corrected chi connectivity index (χ4v) is 2.54. The molecule has 0 aliphatic rings. The van der Waals surface area contributed by atoms with Gasteiger partial charge in [0.15, 0.2) is 0 Å². The molecule has 1 aromatic carbocycles. The van der Waals surface area contributed by atoms with Crippen molar-refractivity contribution in [2.45, 2.75) is 19.4 Å². The summed E-state index contributed by atoms with van der Waals surface area (Å²) in [5, 5.41) is 18.9. The van der Waals surface area contributed by atoms with Crippen molar-refractivity contribution >= 4 is 16.7 Å². The normalized spacial score (nSPS) is 13.7. The molecule has 0 radical (unpaired) electrons. The van der Waals surface area contributed by atoms with Crippen molar-refractivity contribution in [3.05, 3.63) is 42.0 Å². The van der Waals surface area contributed by atoms with Crippen molar-refractivity contribution in [2.75, 3.05) is 19.0 Å². The zero-order chi connectivity index (χ0) is 17.3. The number of methoxy groups -OCH3 is 1. The van der Waals surface area contributed by atoms with E-state index in [0.29, 0.717) is 18.2 Å². The Morgan fingerprint density at radius 1 is 1.33 bits per heavy atom. The fraction of sp³-hybridized carbons (Fsp3) is 0.353. The van der Waals surface area contributed by atoms with Crippen LogP contribution in [0.2, 0.25) is 0 Å². The number of hydrogen-bond acceptors (Lipinski definition) is 6. The minimum Gasteiger partial charge on any atom is -0.497 e. The Bertz CT molecular complexity index is 873. The van der Waals surface area contributed by atoms with E-state index in [2.05, 4.69) is 20.4 Å². The highest BCUT2D eigenvalue weighted by molar-refractivity contribution is 5.90. The van der Waals surface area contributed by atoms with Gasteiger partial charge >= 0.3 is 0 Å². The summed E-state index contributed by atoms with van der Waals surface area (Å²) in [6, 6.07) is 5.65. The molecule has 7 nitrogen and oxygen atoms in total. The van der Waals surface area contributed by atoms with Gasteiger partial charge in [0.1, 0.15) is 23.0 Å². The molecule has 0 bridgehead atoms. The minimum atomic E-state index is -1.07. The predicted molar refractivity (Wildman–Crippen MR) is 92.1 cm³/mol. The average molecular weight is 327 g/mol. The highest BCUT2D eigenvalue weighted by Crippen LogP contribution is 2.27. The zero-order valence-electron chi connectivity index (χ0n) is 14.2. The Kier molecular flexibility index (Phi) is 4.11. The summed E-state index contributed by atoms with van der Waals surface area (Å²) < 4.78 is 6.95. The Hall–Kier alpha value is -2.67. The maximum atomic E-state index is 10.7. The molecule has 2 heterocycles. The van der Waals surface area contributed by atoms with Crippen LogP contribution >= 0.6 is 0 Å². The molecular weight excluding hydrogens is 306 g/mol. The Balaban J connectivity index is 1.91. The minimum absolute atomic E-state index is 0.293. The van der Waals surface area contributed by atoms with Gasteiger partial charge in [0, 0.05) is 30.7 Å². The molecule has 0 unspecified atom stereocenters. The van der Waals surface area contributed by atoms with Crippen LogP contribution in [0, 0.1) is 6.92 Å². The van der Waals surface area contributed by atoms with Crippen LogP contribution in [0.4, 0.5) is 5.82 Å². The number of nitrogens with one attached hydrogen (secondary N) is 1. The summed E-state index contributed by atoms with van der Waals surface area (Å²) in [7, 11) is 3.44. The Morgan fingerprint density at radius 2 is 2.12 bits per heavy atom. The molecule has 2 aromatic heterocycles. The molecule has 2 N–H and O–H groups in total. The second kappa shape index (κ2) is 6.09. The van der Waals surface area contributed by atoms with E-state index in [0.717, 1.165) is 22.2 Å². The fourth-order valence-electron chi connectivity index (χ4n) is 2.54. The van der Waals surface area contributed by atoms with Gasteiger partial charge in [-0.25, -0.2) is 9.97 Å². The summed E-state index contributed by atoms with van der Waals surface area (Å²) in [4.78, 5) is 8.90. The van der Waals surface area contributed by atoms with E-state index in [1.165, 1.54) is 0 Å². The third-order valence-electron chi connectivity index (χ3n) is 3.94. The van der Waals surface area contributed by atoms with E-state index in [9.17, 15) is 5.11 Å². The van der Waals surface area contributed by atoms with Gasteiger partial charge in [-0.1, -0.05) is 0 Å². The lowest BCUT2D eigenvalue weighted by Crippen LogP contribution is -2.30. The maximum absolute atomic E-state index is 10.7. The van der Waals surface area contributed by atoms with Crippen LogP contribution < -0.4 is 10.1 Å². The van der Waals surface area contributed by atoms with E-state index in [1.807, 2.05) is 32.2 Å². The van der Waals surface area contributed by atoms with Crippen molar-refractivity contribution in [1.82, 2.24) is 19.7 Å². The van der Waals surface area contributed by atoms with Crippen LogP contribution in [0.15, 0.2) is 30.6 Å². The summed E-state index contributed by atoms with van der Waals surface area (Å²) in [5.41, 5.74) is 0.496. The molecule has 3 aromatic rings. The van der Waals surface area contributed by atoms with Gasteiger partial charge in [0.05, 0.1) is 18.8 Å². The first kappa shape index (κ1) is 16.2. The molecule has 0 aliphatic heterocycles. The van der Waals surface area contributed by atoms with E-state index >= 15 is 0 Å². The van der Waals surface area contributed by atoms with Crippen molar-refractivity contribution in [3.63, 3.8) is 0 Å². The monoisotopic (exact) mass is 327 g/mol. The van der Waals surface area contributed by atoms with Crippen molar-refractivity contribution in [3.8, 4) is 5.75 Å². The average Bonchev–Trinajstić information content (AvgIpc) is 2.99. The number of aromatic nitrogens is 4. The van der Waals surface area contributed by atoms with Crippen LogP contribution in [-0.2, 0) is 12.6 Å². The summed E-state index contributed by atoms with van der Waals surface area (Å²) in [6.07, 6.45) is 3.46. The number of fused-ring (bicyclic) bond motifs is 1. The smallest absolute Gasteiger partial charge is 0.137 e. The largest absolute Gasteiger partial charge is 0.497 e. The molecule has 0 saturated carbocycles.